The quantitative estimate of drug-likeness (QED) is 0.206. The van der Waals surface area contributed by atoms with Crippen molar-refractivity contribution in [1.82, 2.24) is 10.1 Å². The summed E-state index contributed by atoms with van der Waals surface area (Å²) in [5.41, 5.74) is 3.52. The third-order valence-electron chi connectivity index (χ3n) is 8.35. The Morgan fingerprint density at radius 3 is 2.41 bits per heavy atom. The molecule has 1 saturated carbocycles. The molecule has 8 nitrogen and oxygen atoms in total. The number of aryl methyl sites for hydroxylation is 1. The second kappa shape index (κ2) is 10.3. The Bertz CT molecular complexity index is 1660. The van der Waals surface area contributed by atoms with Crippen molar-refractivity contribution in [2.75, 3.05) is 12.0 Å². The van der Waals surface area contributed by atoms with Gasteiger partial charge in [-0.3, -0.25) is 0 Å². The Morgan fingerprint density at radius 1 is 1.05 bits per heavy atom. The summed E-state index contributed by atoms with van der Waals surface area (Å²) in [6, 6.07) is 9.27. The molecule has 3 atom stereocenters. The number of rotatable bonds is 6. The standard InChI is InChI=1S/C30H27Cl2N3O5S/c1-14-10-16(28(36)38-2)11-22-25(14)33-30(41-22)35-17-8-9-18(35)13-19(12-17)39-29(37)24-26(34-40-27(24)15-6-7-15)23-20(31)4-3-5-21(23)32/h3-5,10-11,15,17-19H,6-9,12-13H2,1-2H3/t17-,18+,19?. The molecule has 0 radical (unpaired) electrons. The van der Waals surface area contributed by atoms with Gasteiger partial charge in [0.2, 0.25) is 0 Å². The second-order valence-electron chi connectivity index (χ2n) is 11.1. The van der Waals surface area contributed by atoms with Gasteiger partial charge in [0.15, 0.2) is 10.9 Å². The van der Waals surface area contributed by atoms with Crippen molar-refractivity contribution in [3.8, 4) is 11.3 Å². The Morgan fingerprint density at radius 2 is 1.76 bits per heavy atom. The highest BCUT2D eigenvalue weighted by Gasteiger charge is 2.45. The first-order valence-corrected chi connectivity index (χ1v) is 15.3. The van der Waals surface area contributed by atoms with Crippen LogP contribution in [-0.2, 0) is 9.47 Å². The molecule has 1 aliphatic carbocycles. The molecule has 0 amide bonds. The van der Waals surface area contributed by atoms with Gasteiger partial charge in [-0.15, -0.1) is 0 Å². The number of ether oxygens (including phenoxy) is 2. The van der Waals surface area contributed by atoms with Crippen molar-refractivity contribution >= 4 is 61.8 Å². The number of thiazole rings is 1. The molecule has 2 aromatic heterocycles. The average molecular weight is 613 g/mol. The van der Waals surface area contributed by atoms with E-state index in [2.05, 4.69) is 10.1 Å². The van der Waals surface area contributed by atoms with Crippen LogP contribution < -0.4 is 4.90 Å². The molecule has 1 unspecified atom stereocenters. The van der Waals surface area contributed by atoms with E-state index in [1.807, 2.05) is 19.1 Å². The average Bonchev–Trinajstić information content (AvgIpc) is 3.45. The van der Waals surface area contributed by atoms with Gasteiger partial charge in [-0.05, 0) is 62.4 Å². The van der Waals surface area contributed by atoms with Crippen LogP contribution in [0.25, 0.3) is 21.5 Å². The molecule has 3 aliphatic rings. The number of carbonyl (C=O) groups excluding carboxylic acids is 2. The number of benzene rings is 2. The summed E-state index contributed by atoms with van der Waals surface area (Å²) in [7, 11) is 1.39. The van der Waals surface area contributed by atoms with Crippen molar-refractivity contribution in [2.24, 2.45) is 0 Å². The molecule has 212 valence electrons. The largest absolute Gasteiger partial charge is 0.465 e. The highest BCUT2D eigenvalue weighted by atomic mass is 35.5. The number of aromatic nitrogens is 2. The van der Waals surface area contributed by atoms with Gasteiger partial charge in [-0.25, -0.2) is 14.6 Å². The molecule has 2 aliphatic heterocycles. The number of fused-ring (bicyclic) bond motifs is 3. The van der Waals surface area contributed by atoms with Crippen LogP contribution in [0.3, 0.4) is 0 Å². The monoisotopic (exact) mass is 611 g/mol. The number of halogens is 2. The van der Waals surface area contributed by atoms with Gasteiger partial charge >= 0.3 is 11.9 Å². The minimum absolute atomic E-state index is 0.153. The number of hydrogen-bond donors (Lipinski definition) is 0. The third kappa shape index (κ3) is 4.68. The minimum Gasteiger partial charge on any atom is -0.465 e. The van der Waals surface area contributed by atoms with Crippen molar-refractivity contribution in [3.05, 3.63) is 62.8 Å². The summed E-state index contributed by atoms with van der Waals surface area (Å²) in [4.78, 5) is 33.2. The maximum Gasteiger partial charge on any atom is 0.344 e. The lowest BCUT2D eigenvalue weighted by Gasteiger charge is -2.38. The van der Waals surface area contributed by atoms with Crippen molar-refractivity contribution in [3.63, 3.8) is 0 Å². The number of anilines is 1. The molecule has 4 aromatic rings. The zero-order valence-electron chi connectivity index (χ0n) is 22.5. The molecule has 2 aromatic carbocycles. The fourth-order valence-corrected chi connectivity index (χ4v) is 8.10. The predicted octanol–water partition coefficient (Wildman–Crippen LogP) is 7.59. The van der Waals surface area contributed by atoms with E-state index in [9.17, 15) is 9.59 Å². The molecule has 41 heavy (non-hydrogen) atoms. The molecular weight excluding hydrogens is 585 g/mol. The number of piperidine rings is 1. The predicted molar refractivity (Wildman–Crippen MR) is 157 cm³/mol. The number of hydrogen-bond acceptors (Lipinski definition) is 9. The van der Waals surface area contributed by atoms with Gasteiger partial charge in [-0.1, -0.05) is 45.8 Å². The Balaban J connectivity index is 1.13. The SMILES string of the molecule is COC(=O)c1cc(C)c2nc(N3[C@@H]4CC[C@H]3CC(OC(=O)c3c(-c5c(Cl)cccc5Cl)noc3C3CC3)C4)sc2c1. The highest BCUT2D eigenvalue weighted by Crippen LogP contribution is 2.47. The lowest BCUT2D eigenvalue weighted by Crippen LogP contribution is -2.46. The van der Waals surface area contributed by atoms with Crippen LogP contribution in [0.5, 0.6) is 0 Å². The highest BCUT2D eigenvalue weighted by molar-refractivity contribution is 7.22. The molecule has 3 fully saturated rings. The van der Waals surface area contributed by atoms with Crippen LogP contribution in [0, 0.1) is 6.92 Å². The minimum atomic E-state index is -0.442. The lowest BCUT2D eigenvalue weighted by atomic mass is 9.99. The van der Waals surface area contributed by atoms with Crippen LogP contribution in [-0.4, -0.2) is 47.4 Å². The summed E-state index contributed by atoms with van der Waals surface area (Å²) in [6.07, 6.45) is 5.06. The first-order valence-electron chi connectivity index (χ1n) is 13.7. The number of carbonyl (C=O) groups is 2. The van der Waals surface area contributed by atoms with E-state index in [1.165, 1.54) is 7.11 Å². The van der Waals surface area contributed by atoms with E-state index in [1.54, 1.807) is 29.5 Å². The molecule has 7 rings (SSSR count). The summed E-state index contributed by atoms with van der Waals surface area (Å²) in [6.45, 7) is 1.96. The summed E-state index contributed by atoms with van der Waals surface area (Å²) in [5.74, 6) is -0.0916. The fourth-order valence-electron chi connectivity index (χ4n) is 6.30. The van der Waals surface area contributed by atoms with Crippen LogP contribution in [0.15, 0.2) is 34.9 Å². The van der Waals surface area contributed by atoms with Crippen molar-refractivity contribution in [2.45, 2.75) is 69.6 Å². The molecule has 2 bridgehead atoms. The molecule has 4 heterocycles. The zero-order valence-corrected chi connectivity index (χ0v) is 24.8. The van der Waals surface area contributed by atoms with Gasteiger partial charge in [-0.2, -0.15) is 0 Å². The Labute approximate surface area is 250 Å². The number of nitrogens with zero attached hydrogens (tertiary/aromatic N) is 3. The number of methoxy groups -OCH3 is 1. The third-order valence-corrected chi connectivity index (χ3v) is 10.00. The van der Waals surface area contributed by atoms with Gasteiger partial charge in [0.25, 0.3) is 0 Å². The topological polar surface area (TPSA) is 94.8 Å². The molecule has 2 saturated heterocycles. The van der Waals surface area contributed by atoms with Crippen LogP contribution in [0.4, 0.5) is 5.13 Å². The maximum atomic E-state index is 13.7. The zero-order chi connectivity index (χ0) is 28.4. The van der Waals surface area contributed by atoms with Crippen LogP contribution >= 0.6 is 34.5 Å². The fraction of sp³-hybridized carbons (Fsp3) is 0.400. The van der Waals surface area contributed by atoms with Crippen molar-refractivity contribution in [1.29, 1.82) is 0 Å². The van der Waals surface area contributed by atoms with E-state index in [0.717, 1.165) is 46.6 Å². The Hall–Kier alpha value is -3.14. The van der Waals surface area contributed by atoms with Crippen molar-refractivity contribution < 1.29 is 23.6 Å². The van der Waals surface area contributed by atoms with Crippen LogP contribution in [0.2, 0.25) is 10.0 Å². The summed E-state index contributed by atoms with van der Waals surface area (Å²) >= 11 is 14.5. The normalized spacial score (nSPS) is 21.9. The summed E-state index contributed by atoms with van der Waals surface area (Å²) < 4.78 is 17.7. The molecular formula is C30H27Cl2N3O5S. The van der Waals surface area contributed by atoms with E-state index in [-0.39, 0.29) is 30.1 Å². The van der Waals surface area contributed by atoms with E-state index >= 15 is 0 Å². The van der Waals surface area contributed by atoms with Gasteiger partial charge in [0.05, 0.1) is 32.9 Å². The van der Waals surface area contributed by atoms with E-state index in [4.69, 9.17) is 42.2 Å². The maximum absolute atomic E-state index is 13.7. The van der Waals surface area contributed by atoms with Gasteiger partial charge in [0, 0.05) is 36.4 Å². The Kier molecular flexibility index (Phi) is 6.71. The smallest absolute Gasteiger partial charge is 0.344 e. The molecule has 0 spiro atoms. The van der Waals surface area contributed by atoms with Crippen LogP contribution in [0.1, 0.15) is 76.5 Å². The first-order chi connectivity index (χ1) is 19.8. The van der Waals surface area contributed by atoms with Gasteiger partial charge < -0.3 is 18.9 Å². The molecule has 11 heteroatoms. The van der Waals surface area contributed by atoms with Gasteiger partial charge in [0.1, 0.15) is 17.4 Å². The second-order valence-corrected chi connectivity index (χ2v) is 12.9. The number of esters is 2. The van der Waals surface area contributed by atoms with E-state index in [0.29, 0.717) is 51.0 Å². The van der Waals surface area contributed by atoms with E-state index < -0.39 is 5.97 Å². The summed E-state index contributed by atoms with van der Waals surface area (Å²) in [5, 5.41) is 5.98. The first kappa shape index (κ1) is 26.7. The molecule has 0 N–H and O–H groups in total. The lowest BCUT2D eigenvalue weighted by molar-refractivity contribution is 0.0202.